The Kier molecular flexibility index (Phi) is 4.54. The summed E-state index contributed by atoms with van der Waals surface area (Å²) in [5.41, 5.74) is 2.43. The summed E-state index contributed by atoms with van der Waals surface area (Å²) < 4.78 is 0. The highest BCUT2D eigenvalue weighted by molar-refractivity contribution is 7.99. The summed E-state index contributed by atoms with van der Waals surface area (Å²) in [5, 5.41) is 6.51. The fourth-order valence-corrected chi connectivity index (χ4v) is 3.53. The van der Waals surface area contributed by atoms with Gasteiger partial charge in [-0.15, -0.1) is 0 Å². The van der Waals surface area contributed by atoms with Gasteiger partial charge in [0.15, 0.2) is 0 Å². The molecule has 108 valence electrons. The number of fused-ring (bicyclic) bond motifs is 1. The van der Waals surface area contributed by atoms with Crippen molar-refractivity contribution in [2.75, 3.05) is 6.54 Å². The van der Waals surface area contributed by atoms with Gasteiger partial charge in [-0.1, -0.05) is 54.6 Å². The van der Waals surface area contributed by atoms with E-state index in [1.807, 2.05) is 18.2 Å². The van der Waals surface area contributed by atoms with Crippen molar-refractivity contribution in [3.8, 4) is 0 Å². The molecule has 2 aromatic carbocycles. The monoisotopic (exact) mass is 316 g/mol. The van der Waals surface area contributed by atoms with Crippen LogP contribution in [0.3, 0.4) is 0 Å². The first-order valence-corrected chi connectivity index (χ1v) is 8.20. The molecule has 0 spiro atoms. The van der Waals surface area contributed by atoms with E-state index in [0.29, 0.717) is 0 Å². The molecular weight excluding hydrogens is 300 g/mol. The van der Waals surface area contributed by atoms with Crippen LogP contribution in [-0.2, 0) is 6.54 Å². The summed E-state index contributed by atoms with van der Waals surface area (Å²) >= 11 is 7.88. The molecular formula is C17H17ClN2S. The van der Waals surface area contributed by atoms with E-state index in [1.165, 1.54) is 15.8 Å². The van der Waals surface area contributed by atoms with Crippen molar-refractivity contribution in [2.45, 2.75) is 23.4 Å². The summed E-state index contributed by atoms with van der Waals surface area (Å²) in [7, 11) is 0. The zero-order valence-corrected chi connectivity index (χ0v) is 13.4. The van der Waals surface area contributed by atoms with Crippen LogP contribution in [0.5, 0.6) is 0 Å². The lowest BCUT2D eigenvalue weighted by molar-refractivity contribution is 0.718. The first-order chi connectivity index (χ1) is 10.3. The second kappa shape index (κ2) is 6.56. The number of benzene rings is 2. The van der Waals surface area contributed by atoms with Gasteiger partial charge in [-0.25, -0.2) is 0 Å². The lowest BCUT2D eigenvalue weighted by atomic mass is 10.2. The number of H-pyrrole nitrogens is 1. The smallest absolute Gasteiger partial charge is 0.0781 e. The molecule has 0 atom stereocenters. The predicted molar refractivity (Wildman–Crippen MR) is 91.3 cm³/mol. The number of para-hydroxylation sites is 1. The molecule has 3 rings (SSSR count). The Morgan fingerprint density at radius 2 is 2.00 bits per heavy atom. The molecule has 0 saturated heterocycles. The summed E-state index contributed by atoms with van der Waals surface area (Å²) in [6.45, 7) is 3.93. The van der Waals surface area contributed by atoms with Crippen LogP contribution < -0.4 is 5.32 Å². The van der Waals surface area contributed by atoms with Crippen molar-refractivity contribution in [1.82, 2.24) is 10.3 Å². The summed E-state index contributed by atoms with van der Waals surface area (Å²) in [6, 6.07) is 16.6. The molecule has 21 heavy (non-hydrogen) atoms. The normalized spacial score (nSPS) is 11.1. The third-order valence-electron chi connectivity index (χ3n) is 3.32. The molecule has 0 fully saturated rings. The Morgan fingerprint density at radius 3 is 2.81 bits per heavy atom. The van der Waals surface area contributed by atoms with Crippen molar-refractivity contribution < 1.29 is 0 Å². The zero-order chi connectivity index (χ0) is 14.7. The second-order valence-electron chi connectivity index (χ2n) is 4.86. The maximum Gasteiger partial charge on any atom is 0.0781 e. The van der Waals surface area contributed by atoms with E-state index in [0.717, 1.165) is 28.7 Å². The van der Waals surface area contributed by atoms with Gasteiger partial charge in [0.2, 0.25) is 0 Å². The van der Waals surface area contributed by atoms with E-state index in [2.05, 4.69) is 47.6 Å². The van der Waals surface area contributed by atoms with Crippen LogP contribution in [-0.4, -0.2) is 11.5 Å². The van der Waals surface area contributed by atoms with E-state index in [1.54, 1.807) is 11.8 Å². The van der Waals surface area contributed by atoms with Crippen molar-refractivity contribution >= 4 is 34.3 Å². The molecule has 0 aliphatic rings. The molecule has 0 amide bonds. The Labute approximate surface area is 133 Å². The highest BCUT2D eigenvalue weighted by atomic mass is 35.5. The fourth-order valence-electron chi connectivity index (χ4n) is 2.25. The summed E-state index contributed by atoms with van der Waals surface area (Å²) in [4.78, 5) is 4.64. The molecule has 0 radical (unpaired) electrons. The van der Waals surface area contributed by atoms with E-state index in [9.17, 15) is 0 Å². The predicted octanol–water partition coefficient (Wildman–Crippen LogP) is 5.08. The van der Waals surface area contributed by atoms with Crippen LogP contribution in [0.2, 0.25) is 5.02 Å². The Bertz CT molecular complexity index is 718. The van der Waals surface area contributed by atoms with Gasteiger partial charge in [-0.3, -0.25) is 0 Å². The Morgan fingerprint density at radius 1 is 1.14 bits per heavy atom. The maximum absolute atomic E-state index is 6.15. The Balaban J connectivity index is 1.90. The Hall–Kier alpha value is -1.42. The molecule has 0 aliphatic heterocycles. The number of halogens is 1. The molecule has 0 bridgehead atoms. The number of aromatic amines is 1. The lowest BCUT2D eigenvalue weighted by Gasteiger charge is -2.09. The lowest BCUT2D eigenvalue weighted by Crippen LogP contribution is -2.12. The van der Waals surface area contributed by atoms with Gasteiger partial charge in [0.25, 0.3) is 0 Å². The van der Waals surface area contributed by atoms with Crippen LogP contribution in [0.1, 0.15) is 12.5 Å². The van der Waals surface area contributed by atoms with Crippen LogP contribution in [0.4, 0.5) is 0 Å². The van der Waals surface area contributed by atoms with Crippen LogP contribution >= 0.6 is 23.4 Å². The molecule has 1 heterocycles. The molecule has 0 unspecified atom stereocenters. The average molecular weight is 317 g/mol. The molecule has 0 saturated carbocycles. The minimum atomic E-state index is 0.772. The van der Waals surface area contributed by atoms with Gasteiger partial charge in [0, 0.05) is 27.4 Å². The fraction of sp³-hybridized carbons (Fsp3) is 0.176. The minimum Gasteiger partial charge on any atom is -0.349 e. The van der Waals surface area contributed by atoms with Crippen molar-refractivity contribution in [1.29, 1.82) is 0 Å². The van der Waals surface area contributed by atoms with Crippen molar-refractivity contribution in [3.05, 3.63) is 59.1 Å². The summed E-state index contributed by atoms with van der Waals surface area (Å²) in [5.74, 6) is 0. The molecule has 2 nitrogen and oxygen atoms in total. The standard InChI is InChI=1S/C17H17ClN2S/c1-2-19-11-13-7-8-14(18)10-16(13)21-17-9-12-5-3-4-6-15(12)20-17/h3-10,19-20H,2,11H2,1H3. The molecule has 0 aliphatic carbocycles. The van der Waals surface area contributed by atoms with E-state index < -0.39 is 0 Å². The number of hydrogen-bond acceptors (Lipinski definition) is 2. The molecule has 2 N–H and O–H groups in total. The number of rotatable bonds is 5. The van der Waals surface area contributed by atoms with E-state index in [-0.39, 0.29) is 0 Å². The average Bonchev–Trinajstić information content (AvgIpc) is 2.88. The quantitative estimate of drug-likeness (QED) is 0.687. The first-order valence-electron chi connectivity index (χ1n) is 7.01. The van der Waals surface area contributed by atoms with E-state index in [4.69, 9.17) is 11.6 Å². The number of nitrogens with one attached hydrogen (secondary N) is 2. The number of aromatic nitrogens is 1. The topological polar surface area (TPSA) is 27.8 Å². The third kappa shape index (κ3) is 3.43. The maximum atomic E-state index is 6.15. The van der Waals surface area contributed by atoms with Crippen molar-refractivity contribution in [2.24, 2.45) is 0 Å². The highest BCUT2D eigenvalue weighted by Crippen LogP contribution is 2.33. The molecule has 1 aromatic heterocycles. The summed E-state index contributed by atoms with van der Waals surface area (Å²) in [6.07, 6.45) is 0. The highest BCUT2D eigenvalue weighted by Gasteiger charge is 2.08. The zero-order valence-electron chi connectivity index (χ0n) is 11.8. The first kappa shape index (κ1) is 14.5. The van der Waals surface area contributed by atoms with Gasteiger partial charge < -0.3 is 10.3 Å². The van der Waals surface area contributed by atoms with Gasteiger partial charge >= 0.3 is 0 Å². The van der Waals surface area contributed by atoms with E-state index >= 15 is 0 Å². The largest absolute Gasteiger partial charge is 0.349 e. The SMILES string of the molecule is CCNCc1ccc(Cl)cc1Sc1cc2ccccc2[nH]1. The number of hydrogen-bond donors (Lipinski definition) is 2. The van der Waals surface area contributed by atoms with Gasteiger partial charge in [-0.05, 0) is 36.4 Å². The molecule has 4 heteroatoms. The van der Waals surface area contributed by atoms with Gasteiger partial charge in [-0.2, -0.15) is 0 Å². The van der Waals surface area contributed by atoms with Crippen LogP contribution in [0.25, 0.3) is 10.9 Å². The van der Waals surface area contributed by atoms with Gasteiger partial charge in [0.05, 0.1) is 5.03 Å². The van der Waals surface area contributed by atoms with Crippen LogP contribution in [0.15, 0.2) is 58.5 Å². The van der Waals surface area contributed by atoms with Crippen LogP contribution in [0, 0.1) is 0 Å². The third-order valence-corrected chi connectivity index (χ3v) is 4.59. The second-order valence-corrected chi connectivity index (χ2v) is 6.38. The van der Waals surface area contributed by atoms with Gasteiger partial charge in [0.1, 0.15) is 0 Å². The molecule has 3 aromatic rings. The van der Waals surface area contributed by atoms with Crippen molar-refractivity contribution in [3.63, 3.8) is 0 Å². The minimum absolute atomic E-state index is 0.772.